The number of hydrogen-bond donors (Lipinski definition) is 0. The average Bonchev–Trinajstić information content (AvgIpc) is 2.55. The third-order valence-electron chi connectivity index (χ3n) is 4.18. The lowest BCUT2D eigenvalue weighted by Gasteiger charge is -2.26. The molecule has 1 unspecified atom stereocenters. The standard InChI is InChI=1S/C17H18ClNO4S/c1-24(10-14(20)19-7-3-2-4-8-19)16-15(21)12-6-5-11(18)9-13(12)23-17(16)22/h5-6,9H,2-4,7-8,10H2,1H3. The maximum absolute atomic E-state index is 12.6. The quantitative estimate of drug-likeness (QED) is 0.615. The molecule has 1 aromatic carbocycles. The summed E-state index contributed by atoms with van der Waals surface area (Å²) >= 11 is 5.87. The van der Waals surface area contributed by atoms with Gasteiger partial charge in [0.25, 0.3) is 5.91 Å². The van der Waals surface area contributed by atoms with Crippen LogP contribution in [-0.2, 0) is 15.7 Å². The summed E-state index contributed by atoms with van der Waals surface area (Å²) in [5.41, 5.74) is -0.493. The molecule has 0 saturated carbocycles. The van der Waals surface area contributed by atoms with Gasteiger partial charge in [-0.25, -0.2) is 4.79 Å². The highest BCUT2D eigenvalue weighted by atomic mass is 35.5. The summed E-state index contributed by atoms with van der Waals surface area (Å²) in [4.78, 5) is 26.5. The lowest BCUT2D eigenvalue weighted by molar-refractivity contribution is -0.270. The van der Waals surface area contributed by atoms with Crippen LogP contribution in [-0.4, -0.2) is 35.9 Å². The SMILES string of the molecule is C[S+](CC(=O)N1CCCCC1)c1c([O-])c2ccc(Cl)cc2oc1=O. The molecule has 1 aliphatic rings. The fourth-order valence-corrected chi connectivity index (χ4v) is 4.53. The van der Waals surface area contributed by atoms with E-state index in [9.17, 15) is 14.7 Å². The lowest BCUT2D eigenvalue weighted by atomic mass is 10.1. The van der Waals surface area contributed by atoms with Gasteiger partial charge in [0.1, 0.15) is 11.8 Å². The van der Waals surface area contributed by atoms with Crippen molar-refractivity contribution < 1.29 is 14.3 Å². The first-order valence-electron chi connectivity index (χ1n) is 7.81. The first-order valence-corrected chi connectivity index (χ1v) is 9.99. The summed E-state index contributed by atoms with van der Waals surface area (Å²) in [5.74, 6) is -0.204. The Bertz CT molecular complexity index is 829. The molecular formula is C17H18ClNO4S. The first-order chi connectivity index (χ1) is 11.5. The van der Waals surface area contributed by atoms with Crippen molar-refractivity contribution in [2.24, 2.45) is 0 Å². The number of halogens is 1. The van der Waals surface area contributed by atoms with Gasteiger partial charge in [0.05, 0.1) is 0 Å². The van der Waals surface area contributed by atoms with Crippen LogP contribution in [0.4, 0.5) is 0 Å². The minimum Gasteiger partial charge on any atom is -0.868 e. The molecular weight excluding hydrogens is 350 g/mol. The highest BCUT2D eigenvalue weighted by Gasteiger charge is 2.29. The zero-order valence-corrected chi connectivity index (χ0v) is 14.9. The van der Waals surface area contributed by atoms with Crippen LogP contribution in [0.25, 0.3) is 11.0 Å². The second kappa shape index (κ2) is 7.07. The normalized spacial score (nSPS) is 16.3. The number of carbonyl (C=O) groups is 1. The van der Waals surface area contributed by atoms with Gasteiger partial charge in [0.2, 0.25) is 4.90 Å². The highest BCUT2D eigenvalue weighted by Crippen LogP contribution is 2.29. The second-order valence-electron chi connectivity index (χ2n) is 5.91. The molecule has 0 bridgehead atoms. The van der Waals surface area contributed by atoms with E-state index in [1.165, 1.54) is 6.07 Å². The molecule has 1 aromatic heterocycles. The minimum atomic E-state index is -0.793. The van der Waals surface area contributed by atoms with E-state index in [1.807, 2.05) is 4.90 Å². The van der Waals surface area contributed by atoms with Gasteiger partial charge in [0.15, 0.2) is 5.75 Å². The van der Waals surface area contributed by atoms with Gasteiger partial charge < -0.3 is 14.4 Å². The van der Waals surface area contributed by atoms with Crippen LogP contribution in [0.2, 0.25) is 5.02 Å². The largest absolute Gasteiger partial charge is 0.868 e. The summed E-state index contributed by atoms with van der Waals surface area (Å²) in [6.45, 7) is 1.51. The van der Waals surface area contributed by atoms with Crippen LogP contribution in [0.15, 0.2) is 32.3 Å². The Morgan fingerprint density at radius 3 is 2.75 bits per heavy atom. The predicted octanol–water partition coefficient (Wildman–Crippen LogP) is 2.14. The topological polar surface area (TPSA) is 73.6 Å². The molecule has 2 heterocycles. The first kappa shape index (κ1) is 17.2. The summed E-state index contributed by atoms with van der Waals surface area (Å²) in [6, 6.07) is 4.59. The van der Waals surface area contributed by atoms with Crippen molar-refractivity contribution in [1.82, 2.24) is 4.90 Å². The molecule has 7 heteroatoms. The molecule has 128 valence electrons. The highest BCUT2D eigenvalue weighted by molar-refractivity contribution is 7.97. The monoisotopic (exact) mass is 367 g/mol. The molecule has 1 fully saturated rings. The van der Waals surface area contributed by atoms with E-state index in [0.29, 0.717) is 10.4 Å². The third-order valence-corrected chi connectivity index (χ3v) is 6.14. The van der Waals surface area contributed by atoms with Crippen molar-refractivity contribution in [3.05, 3.63) is 33.6 Å². The van der Waals surface area contributed by atoms with E-state index in [-0.39, 0.29) is 27.9 Å². The fourth-order valence-electron chi connectivity index (χ4n) is 2.92. The van der Waals surface area contributed by atoms with Gasteiger partial charge in [-0.15, -0.1) is 0 Å². The maximum Gasteiger partial charge on any atom is 0.391 e. The zero-order chi connectivity index (χ0) is 17.3. The number of rotatable bonds is 3. The molecule has 1 atom stereocenters. The Balaban J connectivity index is 1.89. The van der Waals surface area contributed by atoms with Gasteiger partial charge in [-0.05, 0) is 31.1 Å². The van der Waals surface area contributed by atoms with Gasteiger partial charge >= 0.3 is 5.63 Å². The number of fused-ring (bicyclic) bond motifs is 1. The minimum absolute atomic E-state index is 0.00413. The Kier molecular flexibility index (Phi) is 5.06. The Morgan fingerprint density at radius 2 is 2.04 bits per heavy atom. The molecule has 1 saturated heterocycles. The van der Waals surface area contributed by atoms with Gasteiger partial charge in [-0.2, -0.15) is 0 Å². The van der Waals surface area contributed by atoms with Crippen molar-refractivity contribution >= 4 is 39.4 Å². The molecule has 0 radical (unpaired) electrons. The number of amides is 1. The van der Waals surface area contributed by atoms with Crippen molar-refractivity contribution in [3.8, 4) is 5.75 Å². The van der Waals surface area contributed by atoms with Crippen molar-refractivity contribution in [2.75, 3.05) is 25.1 Å². The van der Waals surface area contributed by atoms with E-state index in [2.05, 4.69) is 0 Å². The summed E-state index contributed by atoms with van der Waals surface area (Å²) in [7, 11) is -0.793. The molecule has 1 amide bonds. The average molecular weight is 368 g/mol. The Morgan fingerprint density at radius 1 is 1.33 bits per heavy atom. The van der Waals surface area contributed by atoms with E-state index >= 15 is 0 Å². The number of hydrogen-bond acceptors (Lipinski definition) is 4. The fraction of sp³-hybridized carbons (Fsp3) is 0.412. The molecule has 5 nitrogen and oxygen atoms in total. The number of carbonyl (C=O) groups excluding carboxylic acids is 1. The molecule has 0 spiro atoms. The summed E-state index contributed by atoms with van der Waals surface area (Å²) in [5, 5.41) is 13.4. The number of piperidine rings is 1. The van der Waals surface area contributed by atoms with Gasteiger partial charge in [0, 0.05) is 40.5 Å². The van der Waals surface area contributed by atoms with Crippen LogP contribution >= 0.6 is 11.6 Å². The van der Waals surface area contributed by atoms with Gasteiger partial charge in [-0.1, -0.05) is 17.7 Å². The Labute approximate surface area is 147 Å². The van der Waals surface area contributed by atoms with Crippen LogP contribution in [0.3, 0.4) is 0 Å². The number of benzene rings is 1. The van der Waals surface area contributed by atoms with Crippen LogP contribution < -0.4 is 10.7 Å². The Hall–Kier alpha value is -1.66. The van der Waals surface area contributed by atoms with Crippen molar-refractivity contribution in [2.45, 2.75) is 24.2 Å². The third kappa shape index (κ3) is 3.39. The predicted molar refractivity (Wildman–Crippen MR) is 93.8 cm³/mol. The molecule has 1 aliphatic heterocycles. The molecule has 24 heavy (non-hydrogen) atoms. The number of nitrogens with zero attached hydrogens (tertiary/aromatic N) is 1. The molecule has 0 N–H and O–H groups in total. The second-order valence-corrected chi connectivity index (χ2v) is 8.32. The smallest absolute Gasteiger partial charge is 0.391 e. The van der Waals surface area contributed by atoms with E-state index in [4.69, 9.17) is 16.0 Å². The van der Waals surface area contributed by atoms with Crippen molar-refractivity contribution in [1.29, 1.82) is 0 Å². The van der Waals surface area contributed by atoms with E-state index in [1.54, 1.807) is 18.4 Å². The maximum atomic E-state index is 12.6. The summed E-state index contributed by atoms with van der Waals surface area (Å²) < 4.78 is 5.24. The van der Waals surface area contributed by atoms with E-state index in [0.717, 1.165) is 32.4 Å². The molecule has 0 aliphatic carbocycles. The van der Waals surface area contributed by atoms with E-state index < -0.39 is 16.5 Å². The summed E-state index contributed by atoms with van der Waals surface area (Å²) in [6.07, 6.45) is 4.91. The molecule has 3 rings (SSSR count). The van der Waals surface area contributed by atoms with Gasteiger partial charge in [-0.3, -0.25) is 4.79 Å². The number of likely N-dealkylation sites (tertiary alicyclic amines) is 1. The zero-order valence-electron chi connectivity index (χ0n) is 13.3. The van der Waals surface area contributed by atoms with Crippen LogP contribution in [0.1, 0.15) is 19.3 Å². The van der Waals surface area contributed by atoms with Crippen LogP contribution in [0, 0.1) is 0 Å². The van der Waals surface area contributed by atoms with Crippen LogP contribution in [0.5, 0.6) is 5.75 Å². The van der Waals surface area contributed by atoms with Crippen molar-refractivity contribution in [3.63, 3.8) is 0 Å². The lowest BCUT2D eigenvalue weighted by Crippen LogP contribution is -2.39. The molecule has 2 aromatic rings.